The molecule has 1 N–H and O–H groups in total. The van der Waals surface area contributed by atoms with Gasteiger partial charge in [0.25, 0.3) is 0 Å². The van der Waals surface area contributed by atoms with Crippen molar-refractivity contribution in [3.05, 3.63) is 78.0 Å². The van der Waals surface area contributed by atoms with Crippen molar-refractivity contribution in [3.8, 4) is 22.8 Å². The number of methoxy groups -OCH3 is 1. The number of pyridine rings is 1. The summed E-state index contributed by atoms with van der Waals surface area (Å²) in [4.78, 5) is 3.98. The van der Waals surface area contributed by atoms with Crippen LogP contribution in [0.2, 0.25) is 0 Å². The fourth-order valence-corrected chi connectivity index (χ4v) is 3.00. The summed E-state index contributed by atoms with van der Waals surface area (Å²) >= 11 is 0. The van der Waals surface area contributed by atoms with Crippen LogP contribution >= 0.6 is 0 Å². The van der Waals surface area contributed by atoms with Gasteiger partial charge < -0.3 is 14.8 Å². The molecular weight excluding hydrogens is 393 g/mol. The number of nitrogens with zero attached hydrogens (tertiary/aromatic N) is 1. The number of halogens is 3. The summed E-state index contributed by atoms with van der Waals surface area (Å²) < 4.78 is 47.0. The number of hydrogen-bond acceptors (Lipinski definition) is 4. The van der Waals surface area contributed by atoms with Crippen LogP contribution in [-0.2, 0) is 6.54 Å². The zero-order chi connectivity index (χ0) is 21.6. The van der Waals surface area contributed by atoms with E-state index in [9.17, 15) is 13.2 Å². The molecule has 3 rings (SSSR count). The van der Waals surface area contributed by atoms with Crippen LogP contribution in [0.5, 0.6) is 11.6 Å². The summed E-state index contributed by atoms with van der Waals surface area (Å²) in [6.07, 6.45) is -2.92. The highest BCUT2D eigenvalue weighted by molar-refractivity contribution is 5.70. The Hall–Kier alpha value is -3.06. The molecule has 4 nitrogen and oxygen atoms in total. The first kappa shape index (κ1) is 21.6. The highest BCUT2D eigenvalue weighted by Crippen LogP contribution is 2.31. The molecule has 0 aliphatic rings. The lowest BCUT2D eigenvalue weighted by Gasteiger charge is -2.16. The van der Waals surface area contributed by atoms with E-state index in [-0.39, 0.29) is 11.9 Å². The molecule has 3 aromatic rings. The Morgan fingerprint density at radius 3 is 2.43 bits per heavy atom. The van der Waals surface area contributed by atoms with Crippen LogP contribution in [0.3, 0.4) is 0 Å². The predicted molar refractivity (Wildman–Crippen MR) is 109 cm³/mol. The lowest BCUT2D eigenvalue weighted by atomic mass is 10.0. The number of rotatable bonds is 8. The Bertz CT molecular complexity index is 945. The topological polar surface area (TPSA) is 43.4 Å². The van der Waals surface area contributed by atoms with Gasteiger partial charge in [-0.25, -0.2) is 4.98 Å². The molecule has 0 aliphatic heterocycles. The van der Waals surface area contributed by atoms with Crippen molar-refractivity contribution in [2.45, 2.75) is 25.7 Å². The van der Waals surface area contributed by atoms with Crippen molar-refractivity contribution in [2.75, 3.05) is 13.7 Å². The SMILES string of the molecule is COc1ccc(CNC(C)c2ccccc2)cc1-c1ccc(OCC(F)(F)F)nc1. The Labute approximate surface area is 173 Å². The maximum absolute atomic E-state index is 12.3. The third-order valence-corrected chi connectivity index (χ3v) is 4.61. The maximum atomic E-state index is 12.3. The van der Waals surface area contributed by atoms with Crippen molar-refractivity contribution in [2.24, 2.45) is 0 Å². The van der Waals surface area contributed by atoms with Gasteiger partial charge in [0.2, 0.25) is 5.88 Å². The van der Waals surface area contributed by atoms with E-state index in [1.54, 1.807) is 13.2 Å². The van der Waals surface area contributed by atoms with Crippen molar-refractivity contribution < 1.29 is 22.6 Å². The van der Waals surface area contributed by atoms with Crippen molar-refractivity contribution in [1.29, 1.82) is 0 Å². The molecule has 0 bridgehead atoms. The highest BCUT2D eigenvalue weighted by Gasteiger charge is 2.28. The number of benzene rings is 2. The number of alkyl halides is 3. The second-order valence-electron chi connectivity index (χ2n) is 6.84. The minimum absolute atomic E-state index is 0.0791. The molecular formula is C23H23F3N2O2. The van der Waals surface area contributed by atoms with Gasteiger partial charge >= 0.3 is 6.18 Å². The van der Waals surface area contributed by atoms with E-state index in [1.807, 2.05) is 36.4 Å². The number of ether oxygens (including phenoxy) is 2. The predicted octanol–water partition coefficient (Wildman–Crippen LogP) is 5.55. The molecule has 0 fully saturated rings. The molecule has 0 radical (unpaired) electrons. The molecule has 0 saturated carbocycles. The first-order valence-electron chi connectivity index (χ1n) is 9.47. The average Bonchev–Trinajstić information content (AvgIpc) is 2.76. The number of aromatic nitrogens is 1. The minimum atomic E-state index is -4.40. The number of hydrogen-bond donors (Lipinski definition) is 1. The molecule has 2 aromatic carbocycles. The fraction of sp³-hybridized carbons (Fsp3) is 0.261. The lowest BCUT2D eigenvalue weighted by Crippen LogP contribution is -2.19. The zero-order valence-corrected chi connectivity index (χ0v) is 16.7. The zero-order valence-electron chi connectivity index (χ0n) is 16.7. The van der Waals surface area contributed by atoms with Crippen molar-refractivity contribution >= 4 is 0 Å². The number of nitrogens with one attached hydrogen (secondary N) is 1. The van der Waals surface area contributed by atoms with Gasteiger partial charge in [0, 0.05) is 36.0 Å². The van der Waals surface area contributed by atoms with Gasteiger partial charge in [0.15, 0.2) is 6.61 Å². The quantitative estimate of drug-likeness (QED) is 0.523. The maximum Gasteiger partial charge on any atom is 0.422 e. The highest BCUT2D eigenvalue weighted by atomic mass is 19.4. The molecule has 30 heavy (non-hydrogen) atoms. The van der Waals surface area contributed by atoms with Crippen LogP contribution in [-0.4, -0.2) is 24.9 Å². The third-order valence-electron chi connectivity index (χ3n) is 4.61. The van der Waals surface area contributed by atoms with E-state index in [1.165, 1.54) is 17.8 Å². The summed E-state index contributed by atoms with van der Waals surface area (Å²) in [6, 6.07) is 19.2. The lowest BCUT2D eigenvalue weighted by molar-refractivity contribution is -0.154. The van der Waals surface area contributed by atoms with E-state index in [0.29, 0.717) is 12.3 Å². The van der Waals surface area contributed by atoms with E-state index in [2.05, 4.69) is 34.1 Å². The Balaban J connectivity index is 1.73. The molecule has 0 amide bonds. The Morgan fingerprint density at radius 2 is 1.80 bits per heavy atom. The van der Waals surface area contributed by atoms with Crippen LogP contribution in [0, 0.1) is 0 Å². The second-order valence-corrected chi connectivity index (χ2v) is 6.84. The molecule has 7 heteroatoms. The third kappa shape index (κ3) is 5.97. The van der Waals surface area contributed by atoms with Crippen molar-refractivity contribution in [3.63, 3.8) is 0 Å². The summed E-state index contributed by atoms with van der Waals surface area (Å²) in [5.41, 5.74) is 3.78. The molecule has 1 unspecified atom stereocenters. The monoisotopic (exact) mass is 416 g/mol. The van der Waals surface area contributed by atoms with Gasteiger partial charge in [0.05, 0.1) is 7.11 Å². The first-order chi connectivity index (χ1) is 14.4. The molecule has 1 aromatic heterocycles. The van der Waals surface area contributed by atoms with Gasteiger partial charge in [-0.15, -0.1) is 0 Å². The van der Waals surface area contributed by atoms with E-state index >= 15 is 0 Å². The molecule has 1 atom stereocenters. The summed E-state index contributed by atoms with van der Waals surface area (Å²) in [5, 5.41) is 3.49. The Kier molecular flexibility index (Phi) is 6.95. The molecule has 0 aliphatic carbocycles. The normalized spacial score (nSPS) is 12.4. The van der Waals surface area contributed by atoms with Crippen LogP contribution in [0.4, 0.5) is 13.2 Å². The van der Waals surface area contributed by atoms with Crippen LogP contribution in [0.25, 0.3) is 11.1 Å². The second kappa shape index (κ2) is 9.63. The summed E-state index contributed by atoms with van der Waals surface area (Å²) in [6.45, 7) is 1.38. The molecule has 0 saturated heterocycles. The smallest absolute Gasteiger partial charge is 0.422 e. The largest absolute Gasteiger partial charge is 0.496 e. The van der Waals surface area contributed by atoms with Gasteiger partial charge in [-0.1, -0.05) is 36.4 Å². The fourth-order valence-electron chi connectivity index (χ4n) is 3.00. The summed E-state index contributed by atoms with van der Waals surface area (Å²) in [7, 11) is 1.57. The van der Waals surface area contributed by atoms with E-state index in [4.69, 9.17) is 4.74 Å². The van der Waals surface area contributed by atoms with Gasteiger partial charge in [-0.05, 0) is 36.2 Å². The van der Waals surface area contributed by atoms with Crippen molar-refractivity contribution in [1.82, 2.24) is 10.3 Å². The van der Waals surface area contributed by atoms with Gasteiger partial charge in [-0.3, -0.25) is 0 Å². The van der Waals surface area contributed by atoms with Gasteiger partial charge in [0.1, 0.15) is 5.75 Å². The van der Waals surface area contributed by atoms with Crippen LogP contribution in [0.1, 0.15) is 24.1 Å². The standard InChI is InChI=1S/C23H23F3N2O2/c1-16(18-6-4-3-5-7-18)27-13-17-8-10-21(29-2)20(12-17)19-9-11-22(28-14-19)30-15-23(24,25)26/h3-12,14,16,27H,13,15H2,1-2H3. The van der Waals surface area contributed by atoms with Crippen LogP contribution < -0.4 is 14.8 Å². The summed E-state index contributed by atoms with van der Waals surface area (Å²) in [5.74, 6) is 0.574. The van der Waals surface area contributed by atoms with Crippen LogP contribution in [0.15, 0.2) is 66.9 Å². The molecule has 1 heterocycles. The molecule has 158 valence electrons. The first-order valence-corrected chi connectivity index (χ1v) is 9.47. The van der Waals surface area contributed by atoms with E-state index in [0.717, 1.165) is 16.7 Å². The average molecular weight is 416 g/mol. The minimum Gasteiger partial charge on any atom is -0.496 e. The van der Waals surface area contributed by atoms with Gasteiger partial charge in [-0.2, -0.15) is 13.2 Å². The molecule has 0 spiro atoms. The van der Waals surface area contributed by atoms with E-state index < -0.39 is 12.8 Å². The Morgan fingerprint density at radius 1 is 1.03 bits per heavy atom.